The van der Waals surface area contributed by atoms with E-state index in [2.05, 4.69) is 128 Å². The number of anilines is 2. The maximum absolute atomic E-state index is 2.41. The number of hydrogen-bond acceptors (Lipinski definition) is 2. The highest BCUT2D eigenvalue weighted by Gasteiger charge is 2.33. The van der Waals surface area contributed by atoms with Crippen molar-refractivity contribution in [2.45, 2.75) is 71.9 Å². The van der Waals surface area contributed by atoms with Crippen LogP contribution < -0.4 is 9.80 Å². The van der Waals surface area contributed by atoms with Crippen LogP contribution in [0.4, 0.5) is 11.4 Å². The number of benzene rings is 2. The second-order valence-electron chi connectivity index (χ2n) is 11.2. The van der Waals surface area contributed by atoms with E-state index in [1.165, 1.54) is 44.8 Å². The Kier molecular flexibility index (Phi) is 4.74. The molecule has 0 N–H and O–H groups in total. The highest BCUT2D eigenvalue weighted by atomic mass is 15.2. The first-order valence-electron chi connectivity index (χ1n) is 11.4. The summed E-state index contributed by atoms with van der Waals surface area (Å²) >= 11 is 0. The maximum atomic E-state index is 2.41. The standard InChI is InChI=1S/C29H38N2/c1-19-17-27(3,4)30(9)25-15-21(11-13-23(19)25)29(7,8)22-12-14-24-20(2)18-28(5,6)31(10)26(24)16-22/h11-18H,1-10H3. The Morgan fingerprint density at radius 3 is 1.35 bits per heavy atom. The number of likely N-dealkylation sites (N-methyl/N-ethyl adjacent to an activating group) is 2. The molecule has 0 bridgehead atoms. The number of rotatable bonds is 2. The molecular weight excluding hydrogens is 376 g/mol. The second kappa shape index (κ2) is 6.76. The van der Waals surface area contributed by atoms with Crippen LogP contribution in [0.25, 0.3) is 11.1 Å². The van der Waals surface area contributed by atoms with Gasteiger partial charge in [-0.15, -0.1) is 0 Å². The summed E-state index contributed by atoms with van der Waals surface area (Å²) in [5.74, 6) is 0. The average Bonchev–Trinajstić information content (AvgIpc) is 2.69. The van der Waals surface area contributed by atoms with E-state index in [0.717, 1.165) is 0 Å². The molecular formula is C29H38N2. The molecule has 0 aliphatic carbocycles. The Bertz CT molecular complexity index is 1020. The van der Waals surface area contributed by atoms with Crippen molar-refractivity contribution < 1.29 is 0 Å². The highest BCUT2D eigenvalue weighted by Crippen LogP contribution is 2.44. The van der Waals surface area contributed by atoms with Crippen molar-refractivity contribution in [2.24, 2.45) is 0 Å². The third-order valence-electron chi connectivity index (χ3n) is 7.88. The Balaban J connectivity index is 1.81. The zero-order chi connectivity index (χ0) is 22.9. The lowest BCUT2D eigenvalue weighted by atomic mass is 9.75. The Hall–Kier alpha value is -2.48. The largest absolute Gasteiger partial charge is 0.365 e. The van der Waals surface area contributed by atoms with Crippen LogP contribution in [0.15, 0.2) is 48.6 Å². The summed E-state index contributed by atoms with van der Waals surface area (Å²) in [7, 11) is 4.42. The highest BCUT2D eigenvalue weighted by molar-refractivity contribution is 5.83. The number of hydrogen-bond donors (Lipinski definition) is 0. The molecule has 2 aliphatic heterocycles. The van der Waals surface area contributed by atoms with Gasteiger partial charge in [0, 0.05) is 42.0 Å². The van der Waals surface area contributed by atoms with Gasteiger partial charge in [-0.25, -0.2) is 0 Å². The normalized spacial score (nSPS) is 19.4. The fourth-order valence-electron chi connectivity index (χ4n) is 5.26. The molecule has 0 saturated heterocycles. The van der Waals surface area contributed by atoms with Gasteiger partial charge in [0.1, 0.15) is 0 Å². The van der Waals surface area contributed by atoms with Crippen LogP contribution in [-0.2, 0) is 5.41 Å². The van der Waals surface area contributed by atoms with E-state index in [9.17, 15) is 0 Å². The van der Waals surface area contributed by atoms with Gasteiger partial charge in [-0.05, 0) is 75.9 Å². The van der Waals surface area contributed by atoms with Crippen molar-refractivity contribution in [1.82, 2.24) is 0 Å². The van der Waals surface area contributed by atoms with Gasteiger partial charge in [0.25, 0.3) is 0 Å². The van der Waals surface area contributed by atoms with Crippen LogP contribution in [-0.4, -0.2) is 25.2 Å². The fraction of sp³-hybridized carbons (Fsp3) is 0.448. The fourth-order valence-corrected chi connectivity index (χ4v) is 5.26. The molecule has 4 rings (SSSR count). The quantitative estimate of drug-likeness (QED) is 0.509. The Morgan fingerprint density at radius 1 is 0.645 bits per heavy atom. The lowest BCUT2D eigenvalue weighted by Gasteiger charge is -2.42. The minimum absolute atomic E-state index is 0.0177. The molecule has 2 aromatic rings. The third-order valence-corrected chi connectivity index (χ3v) is 7.88. The van der Waals surface area contributed by atoms with E-state index < -0.39 is 0 Å². The SMILES string of the molecule is CC1=CC(C)(C)N(C)c2cc(C(C)(C)c3ccc4c(c3)N(C)C(C)(C)C=C4C)ccc21. The summed E-state index contributed by atoms with van der Waals surface area (Å²) in [6, 6.07) is 14.1. The molecule has 2 aromatic carbocycles. The van der Waals surface area contributed by atoms with Crippen molar-refractivity contribution in [3.8, 4) is 0 Å². The van der Waals surface area contributed by atoms with Gasteiger partial charge in [-0.3, -0.25) is 0 Å². The molecule has 0 unspecified atom stereocenters. The van der Waals surface area contributed by atoms with Crippen molar-refractivity contribution in [2.75, 3.05) is 23.9 Å². The monoisotopic (exact) mass is 414 g/mol. The van der Waals surface area contributed by atoms with Gasteiger partial charge >= 0.3 is 0 Å². The van der Waals surface area contributed by atoms with Crippen LogP contribution >= 0.6 is 0 Å². The molecule has 2 aliphatic rings. The van der Waals surface area contributed by atoms with E-state index in [0.29, 0.717) is 0 Å². The lowest BCUT2D eigenvalue weighted by Crippen LogP contribution is -2.42. The first kappa shape index (κ1) is 21.7. The van der Waals surface area contributed by atoms with E-state index in [-0.39, 0.29) is 16.5 Å². The molecule has 31 heavy (non-hydrogen) atoms. The van der Waals surface area contributed by atoms with E-state index >= 15 is 0 Å². The third kappa shape index (κ3) is 3.32. The minimum atomic E-state index is -0.0931. The maximum Gasteiger partial charge on any atom is 0.0531 e. The van der Waals surface area contributed by atoms with Gasteiger partial charge in [0.15, 0.2) is 0 Å². The van der Waals surface area contributed by atoms with Crippen LogP contribution in [0.1, 0.15) is 77.6 Å². The summed E-state index contributed by atoms with van der Waals surface area (Å²) in [6.07, 6.45) is 4.74. The molecule has 0 spiro atoms. The van der Waals surface area contributed by atoms with Crippen molar-refractivity contribution in [3.05, 3.63) is 70.8 Å². The molecule has 2 heteroatoms. The lowest BCUT2D eigenvalue weighted by molar-refractivity contribution is 0.591. The van der Waals surface area contributed by atoms with Gasteiger partial charge in [0.05, 0.1) is 11.1 Å². The summed E-state index contributed by atoms with van der Waals surface area (Å²) < 4.78 is 0. The zero-order valence-corrected chi connectivity index (χ0v) is 21.0. The number of allylic oxidation sites excluding steroid dienone is 2. The van der Waals surface area contributed by atoms with Crippen molar-refractivity contribution in [3.63, 3.8) is 0 Å². The summed E-state index contributed by atoms with van der Waals surface area (Å²) in [6.45, 7) is 18.3. The van der Waals surface area contributed by atoms with E-state index in [1.54, 1.807) is 0 Å². The molecule has 0 aromatic heterocycles. The zero-order valence-electron chi connectivity index (χ0n) is 21.0. The van der Waals surface area contributed by atoms with Gasteiger partial charge in [-0.2, -0.15) is 0 Å². The average molecular weight is 415 g/mol. The first-order chi connectivity index (χ1) is 14.3. The molecule has 0 amide bonds. The molecule has 0 atom stereocenters. The van der Waals surface area contributed by atoms with Gasteiger partial charge < -0.3 is 9.80 Å². The molecule has 2 nitrogen and oxygen atoms in total. The Labute approximate surface area is 189 Å². The second-order valence-corrected chi connectivity index (χ2v) is 11.2. The minimum Gasteiger partial charge on any atom is -0.365 e. The summed E-state index contributed by atoms with van der Waals surface area (Å²) in [5.41, 5.74) is 10.7. The van der Waals surface area contributed by atoms with Crippen LogP contribution in [0, 0.1) is 0 Å². The Morgan fingerprint density at radius 2 is 1.00 bits per heavy atom. The first-order valence-corrected chi connectivity index (χ1v) is 11.4. The predicted molar refractivity (Wildman–Crippen MR) is 137 cm³/mol. The number of fused-ring (bicyclic) bond motifs is 2. The molecule has 0 radical (unpaired) electrons. The molecule has 0 fully saturated rings. The van der Waals surface area contributed by atoms with Gasteiger partial charge in [0.2, 0.25) is 0 Å². The van der Waals surface area contributed by atoms with Crippen molar-refractivity contribution >= 4 is 22.5 Å². The summed E-state index contributed by atoms with van der Waals surface area (Å²) in [4.78, 5) is 4.82. The number of nitrogens with zero attached hydrogens (tertiary/aromatic N) is 2. The van der Waals surface area contributed by atoms with Gasteiger partial charge in [-0.1, -0.05) is 50.3 Å². The summed E-state index contributed by atoms with van der Waals surface area (Å²) in [5, 5.41) is 0. The van der Waals surface area contributed by atoms with Crippen LogP contribution in [0.5, 0.6) is 0 Å². The topological polar surface area (TPSA) is 6.48 Å². The van der Waals surface area contributed by atoms with Crippen LogP contribution in [0.2, 0.25) is 0 Å². The molecule has 2 heterocycles. The smallest absolute Gasteiger partial charge is 0.0531 e. The van der Waals surface area contributed by atoms with E-state index in [4.69, 9.17) is 0 Å². The molecule has 164 valence electrons. The van der Waals surface area contributed by atoms with E-state index in [1.807, 2.05) is 0 Å². The molecule has 0 saturated carbocycles. The van der Waals surface area contributed by atoms with Crippen molar-refractivity contribution in [1.29, 1.82) is 0 Å². The van der Waals surface area contributed by atoms with Crippen LogP contribution in [0.3, 0.4) is 0 Å². The predicted octanol–water partition coefficient (Wildman–Crippen LogP) is 7.28.